The Hall–Kier alpha value is -1.72. The molecule has 0 aromatic rings. The van der Waals surface area contributed by atoms with Gasteiger partial charge in [0, 0.05) is 17.9 Å². The molecule has 5 nitrogen and oxygen atoms in total. The molecule has 1 fully saturated rings. The Balaban J connectivity index is 2.60. The molecule has 0 amide bonds. The molecule has 1 N–H and O–H groups in total. The Morgan fingerprint density at radius 1 is 1.60 bits per heavy atom. The quantitative estimate of drug-likeness (QED) is 0.255. The van der Waals surface area contributed by atoms with Crippen LogP contribution in [0.5, 0.6) is 0 Å². The van der Waals surface area contributed by atoms with Gasteiger partial charge in [-0.05, 0) is 31.9 Å². The number of hydrogen-bond acceptors (Lipinski definition) is 5. The van der Waals surface area contributed by atoms with Gasteiger partial charge in [0.15, 0.2) is 5.78 Å². The third-order valence-electron chi connectivity index (χ3n) is 3.10. The van der Waals surface area contributed by atoms with Crippen LogP contribution in [0.15, 0.2) is 36.0 Å². The predicted molar refractivity (Wildman–Crippen MR) is 73.9 cm³/mol. The molecule has 0 aromatic heterocycles. The van der Waals surface area contributed by atoms with Gasteiger partial charge >= 0.3 is 5.97 Å². The van der Waals surface area contributed by atoms with E-state index < -0.39 is 12.1 Å². The predicted octanol–water partition coefficient (Wildman–Crippen LogP) is 2.45. The summed E-state index contributed by atoms with van der Waals surface area (Å²) in [4.78, 5) is 27.3. The third kappa shape index (κ3) is 4.43. The number of cyclic esters (lactones) is 1. The second-order valence-electron chi connectivity index (χ2n) is 5.17. The molecule has 0 saturated carbocycles. The van der Waals surface area contributed by atoms with E-state index in [0.29, 0.717) is 17.6 Å². The van der Waals surface area contributed by atoms with Crippen LogP contribution in [0.2, 0.25) is 0 Å². The van der Waals surface area contributed by atoms with Crippen molar-refractivity contribution >= 4 is 11.8 Å². The fourth-order valence-electron chi connectivity index (χ4n) is 2.00. The third-order valence-corrected chi connectivity index (χ3v) is 3.10. The minimum atomic E-state index is -0.722. The maximum Gasteiger partial charge on any atom is 0.333 e. The summed E-state index contributed by atoms with van der Waals surface area (Å²) in [6, 6.07) is 0. The monoisotopic (exact) mass is 280 g/mol. The number of ketones is 1. The molecule has 1 aliphatic heterocycles. The lowest BCUT2D eigenvalue weighted by molar-refractivity contribution is -0.271. The summed E-state index contributed by atoms with van der Waals surface area (Å²) in [5.41, 5.74) is 1.71. The van der Waals surface area contributed by atoms with Crippen LogP contribution in [-0.2, 0) is 19.2 Å². The van der Waals surface area contributed by atoms with Crippen LogP contribution in [0.3, 0.4) is 0 Å². The van der Waals surface area contributed by atoms with Crippen LogP contribution in [0.1, 0.15) is 26.7 Å². The van der Waals surface area contributed by atoms with Gasteiger partial charge in [0.1, 0.15) is 6.10 Å². The van der Waals surface area contributed by atoms with Crippen LogP contribution in [0.4, 0.5) is 0 Å². The van der Waals surface area contributed by atoms with E-state index >= 15 is 0 Å². The minimum absolute atomic E-state index is 0.0877. The highest BCUT2D eigenvalue weighted by Crippen LogP contribution is 2.27. The molecular weight excluding hydrogens is 260 g/mol. The highest BCUT2D eigenvalue weighted by molar-refractivity contribution is 5.92. The molecule has 0 aromatic carbocycles. The van der Waals surface area contributed by atoms with Gasteiger partial charge in [-0.1, -0.05) is 18.7 Å². The Morgan fingerprint density at radius 2 is 2.25 bits per heavy atom. The zero-order valence-electron chi connectivity index (χ0n) is 11.8. The van der Waals surface area contributed by atoms with Gasteiger partial charge in [-0.2, -0.15) is 0 Å². The lowest BCUT2D eigenvalue weighted by atomic mass is 9.92. The average Bonchev–Trinajstić information content (AvgIpc) is 2.65. The lowest BCUT2D eigenvalue weighted by Crippen LogP contribution is -2.21. The van der Waals surface area contributed by atoms with Crippen LogP contribution in [0, 0.1) is 5.92 Å². The molecule has 110 valence electrons. The molecule has 1 saturated heterocycles. The molecule has 2 unspecified atom stereocenters. The van der Waals surface area contributed by atoms with Crippen molar-refractivity contribution in [2.45, 2.75) is 32.8 Å². The Labute approximate surface area is 118 Å². The van der Waals surface area contributed by atoms with Crippen molar-refractivity contribution in [3.8, 4) is 0 Å². The van der Waals surface area contributed by atoms with Gasteiger partial charge in [-0.15, -0.1) is 0 Å². The maximum absolute atomic E-state index is 11.7. The number of allylic oxidation sites excluding steroid dienone is 2. The average molecular weight is 280 g/mol. The molecule has 0 bridgehead atoms. The van der Waals surface area contributed by atoms with E-state index in [-0.39, 0.29) is 24.7 Å². The molecular formula is C15H20O5. The van der Waals surface area contributed by atoms with E-state index in [0.717, 1.165) is 5.57 Å². The van der Waals surface area contributed by atoms with Crippen LogP contribution in [0.25, 0.3) is 0 Å². The SMILES string of the molecule is C=C1C(=O)OCC1CC(OO)C(=C)CC(=O)C=C(C)C. The van der Waals surface area contributed by atoms with Crippen LogP contribution < -0.4 is 0 Å². The molecule has 1 heterocycles. The summed E-state index contributed by atoms with van der Waals surface area (Å²) in [5, 5.41) is 8.96. The number of hydrogen-bond donors (Lipinski definition) is 1. The summed E-state index contributed by atoms with van der Waals surface area (Å²) < 4.78 is 4.85. The van der Waals surface area contributed by atoms with Crippen molar-refractivity contribution in [2.24, 2.45) is 5.92 Å². The standard InChI is InChI=1S/C15H20O5/c1-9(2)5-13(16)6-10(3)14(20-18)7-12-8-19-15(17)11(12)4/h5,12,14,18H,3-4,6-8H2,1-2H3. The number of esters is 1. The van der Waals surface area contributed by atoms with Gasteiger partial charge in [-0.25, -0.2) is 9.68 Å². The second kappa shape index (κ2) is 7.17. The zero-order chi connectivity index (χ0) is 15.3. The van der Waals surface area contributed by atoms with E-state index in [1.54, 1.807) is 0 Å². The first-order valence-electron chi connectivity index (χ1n) is 6.36. The first kappa shape index (κ1) is 16.3. The number of carbonyl (C=O) groups excluding carboxylic acids is 2. The van der Waals surface area contributed by atoms with Crippen molar-refractivity contribution in [1.29, 1.82) is 0 Å². The van der Waals surface area contributed by atoms with Crippen molar-refractivity contribution in [3.63, 3.8) is 0 Å². The fourth-order valence-corrected chi connectivity index (χ4v) is 2.00. The van der Waals surface area contributed by atoms with Gasteiger partial charge in [0.25, 0.3) is 0 Å². The molecule has 1 rings (SSSR count). The van der Waals surface area contributed by atoms with Gasteiger partial charge < -0.3 is 4.74 Å². The first-order valence-corrected chi connectivity index (χ1v) is 6.36. The van der Waals surface area contributed by atoms with Crippen molar-refractivity contribution in [2.75, 3.05) is 6.61 Å². The molecule has 2 atom stereocenters. The smallest absolute Gasteiger partial charge is 0.333 e. The number of rotatable bonds is 7. The van der Waals surface area contributed by atoms with Crippen molar-refractivity contribution in [3.05, 3.63) is 36.0 Å². The molecule has 5 heteroatoms. The lowest BCUT2D eigenvalue weighted by Gasteiger charge is -2.18. The van der Waals surface area contributed by atoms with Crippen molar-refractivity contribution < 1.29 is 24.5 Å². The maximum atomic E-state index is 11.7. The molecule has 0 aliphatic carbocycles. The largest absolute Gasteiger partial charge is 0.462 e. The normalized spacial score (nSPS) is 19.4. The fraction of sp³-hybridized carbons (Fsp3) is 0.467. The highest BCUT2D eigenvalue weighted by Gasteiger charge is 2.32. The zero-order valence-corrected chi connectivity index (χ0v) is 11.8. The van der Waals surface area contributed by atoms with E-state index in [1.165, 1.54) is 6.08 Å². The van der Waals surface area contributed by atoms with E-state index in [1.807, 2.05) is 13.8 Å². The minimum Gasteiger partial charge on any atom is -0.462 e. The summed E-state index contributed by atoms with van der Waals surface area (Å²) in [5.74, 6) is -0.762. The molecule has 1 aliphatic rings. The van der Waals surface area contributed by atoms with Gasteiger partial charge in [-0.3, -0.25) is 10.1 Å². The Bertz CT molecular complexity index is 457. The molecule has 20 heavy (non-hydrogen) atoms. The van der Waals surface area contributed by atoms with E-state index in [4.69, 9.17) is 9.99 Å². The van der Waals surface area contributed by atoms with Gasteiger partial charge in [0.05, 0.1) is 6.61 Å². The number of ether oxygens (including phenoxy) is 1. The molecule has 0 radical (unpaired) electrons. The highest BCUT2D eigenvalue weighted by atomic mass is 17.1. The summed E-state index contributed by atoms with van der Waals surface area (Å²) >= 11 is 0. The van der Waals surface area contributed by atoms with E-state index in [9.17, 15) is 9.59 Å². The van der Waals surface area contributed by atoms with E-state index in [2.05, 4.69) is 18.0 Å². The second-order valence-corrected chi connectivity index (χ2v) is 5.17. The Morgan fingerprint density at radius 3 is 2.70 bits per heavy atom. The van der Waals surface area contributed by atoms with Crippen LogP contribution in [-0.4, -0.2) is 29.7 Å². The first-order chi connectivity index (χ1) is 9.35. The topological polar surface area (TPSA) is 72.8 Å². The van der Waals surface area contributed by atoms with Crippen LogP contribution >= 0.6 is 0 Å². The van der Waals surface area contributed by atoms with Gasteiger partial charge in [0.2, 0.25) is 0 Å². The molecule has 0 spiro atoms. The summed E-state index contributed by atoms with van der Waals surface area (Å²) in [7, 11) is 0. The number of carbonyl (C=O) groups is 2. The summed E-state index contributed by atoms with van der Waals surface area (Å²) in [6.45, 7) is 11.3. The summed E-state index contributed by atoms with van der Waals surface area (Å²) in [6.07, 6.45) is 1.19. The van der Waals surface area contributed by atoms with Crippen molar-refractivity contribution in [1.82, 2.24) is 0 Å². The Kier molecular flexibility index (Phi) is 5.85.